The van der Waals surface area contributed by atoms with E-state index < -0.39 is 10.0 Å². The molecule has 0 atom stereocenters. The smallest absolute Gasteiger partial charge is 0.271 e. The van der Waals surface area contributed by atoms with Crippen molar-refractivity contribution in [3.8, 4) is 10.6 Å². The van der Waals surface area contributed by atoms with E-state index in [4.69, 9.17) is 5.21 Å². The highest BCUT2D eigenvalue weighted by atomic mass is 32.2. The highest BCUT2D eigenvalue weighted by Crippen LogP contribution is 2.29. The van der Waals surface area contributed by atoms with Crippen LogP contribution in [0.15, 0.2) is 33.2 Å². The first-order valence-corrected chi connectivity index (χ1v) is 6.10. The topological polar surface area (TPSA) is 92.4 Å². The second kappa shape index (κ2) is 3.74. The number of rotatable bonds is 3. The van der Waals surface area contributed by atoms with E-state index >= 15 is 0 Å². The van der Waals surface area contributed by atoms with Crippen LogP contribution < -0.4 is 4.89 Å². The summed E-state index contributed by atoms with van der Waals surface area (Å²) in [4.78, 5) is 1.91. The molecule has 2 aromatic heterocycles. The average molecular weight is 246 g/mol. The maximum atomic E-state index is 11.2. The molecule has 0 aliphatic rings. The molecule has 0 aliphatic carbocycles. The van der Waals surface area contributed by atoms with Crippen LogP contribution in [0.2, 0.25) is 0 Å². The van der Waals surface area contributed by atoms with Gasteiger partial charge in [-0.2, -0.15) is 0 Å². The Morgan fingerprint density at radius 3 is 2.80 bits per heavy atom. The van der Waals surface area contributed by atoms with E-state index in [0.717, 1.165) is 11.3 Å². The second-order valence-corrected chi connectivity index (χ2v) is 5.57. The molecular weight excluding hydrogens is 240 g/mol. The second-order valence-electron chi connectivity index (χ2n) is 2.60. The van der Waals surface area contributed by atoms with Crippen LogP contribution in [0.1, 0.15) is 0 Å². The molecule has 8 heteroatoms. The van der Waals surface area contributed by atoms with Gasteiger partial charge in [-0.25, -0.2) is 8.42 Å². The molecular formula is C7H6N2O4S2. The van der Waals surface area contributed by atoms with Crippen molar-refractivity contribution in [3.05, 3.63) is 24.5 Å². The molecule has 0 aromatic carbocycles. The van der Waals surface area contributed by atoms with Crippen LogP contribution in [0.3, 0.4) is 0 Å². The zero-order valence-corrected chi connectivity index (χ0v) is 8.88. The molecule has 0 saturated heterocycles. The van der Waals surface area contributed by atoms with Gasteiger partial charge in [0.15, 0.2) is 0 Å². The molecule has 0 radical (unpaired) electrons. The fourth-order valence-corrected chi connectivity index (χ4v) is 2.84. The van der Waals surface area contributed by atoms with E-state index in [2.05, 4.69) is 9.68 Å². The molecule has 0 bridgehead atoms. The lowest BCUT2D eigenvalue weighted by Gasteiger charge is -1.94. The van der Waals surface area contributed by atoms with Gasteiger partial charge in [0, 0.05) is 6.07 Å². The van der Waals surface area contributed by atoms with E-state index in [-0.39, 0.29) is 4.21 Å². The Bertz CT molecular complexity index is 543. The standard InChI is InChI=1S/C7H6N2O4S2/c10-9-15(11,12)7-2-1-6(14-7)5-3-4-13-8-5/h1-4,9-10H. The van der Waals surface area contributed by atoms with E-state index in [1.807, 2.05) is 0 Å². The van der Waals surface area contributed by atoms with Crippen LogP contribution in [0, 0.1) is 0 Å². The summed E-state index contributed by atoms with van der Waals surface area (Å²) in [6.45, 7) is 0. The van der Waals surface area contributed by atoms with Gasteiger partial charge in [-0.1, -0.05) is 10.0 Å². The van der Waals surface area contributed by atoms with Crippen LogP contribution in [0.25, 0.3) is 10.6 Å². The third-order valence-electron chi connectivity index (χ3n) is 1.66. The summed E-state index contributed by atoms with van der Waals surface area (Å²) in [5.74, 6) is 0. The summed E-state index contributed by atoms with van der Waals surface area (Å²) in [6.07, 6.45) is 1.40. The van der Waals surface area contributed by atoms with Crippen molar-refractivity contribution >= 4 is 21.4 Å². The lowest BCUT2D eigenvalue weighted by molar-refractivity contribution is 0.243. The minimum absolute atomic E-state index is 0.0167. The van der Waals surface area contributed by atoms with Gasteiger partial charge >= 0.3 is 0 Å². The largest absolute Gasteiger partial charge is 0.364 e. The van der Waals surface area contributed by atoms with Crippen molar-refractivity contribution < 1.29 is 18.1 Å². The minimum Gasteiger partial charge on any atom is -0.364 e. The van der Waals surface area contributed by atoms with Gasteiger partial charge in [0.05, 0.1) is 4.88 Å². The number of aromatic nitrogens is 1. The molecule has 15 heavy (non-hydrogen) atoms. The number of nitrogens with one attached hydrogen (secondary N) is 1. The maximum Gasteiger partial charge on any atom is 0.271 e. The SMILES string of the molecule is O=S(=O)(NO)c1ccc(-c2ccon2)s1. The zero-order valence-electron chi connectivity index (χ0n) is 7.25. The Hall–Kier alpha value is -1.22. The third-order valence-corrected chi connectivity index (χ3v) is 4.37. The first-order chi connectivity index (χ1) is 7.13. The molecule has 0 unspecified atom stereocenters. The first-order valence-electron chi connectivity index (χ1n) is 3.80. The van der Waals surface area contributed by atoms with Gasteiger partial charge in [0.2, 0.25) is 0 Å². The van der Waals surface area contributed by atoms with Crippen molar-refractivity contribution in [1.82, 2.24) is 10.0 Å². The summed E-state index contributed by atoms with van der Waals surface area (Å²) in [6, 6.07) is 4.59. The molecule has 0 amide bonds. The summed E-state index contributed by atoms with van der Waals surface area (Å²) in [5.41, 5.74) is 0.555. The summed E-state index contributed by atoms with van der Waals surface area (Å²) in [7, 11) is -3.80. The Labute approximate surface area is 89.2 Å². The Balaban J connectivity index is 2.41. The van der Waals surface area contributed by atoms with E-state index in [0.29, 0.717) is 10.6 Å². The molecule has 2 heterocycles. The monoisotopic (exact) mass is 246 g/mol. The van der Waals surface area contributed by atoms with Gasteiger partial charge in [-0.15, -0.1) is 11.3 Å². The molecule has 0 fully saturated rings. The van der Waals surface area contributed by atoms with Crippen LogP contribution in [0.5, 0.6) is 0 Å². The van der Waals surface area contributed by atoms with Crippen molar-refractivity contribution in [1.29, 1.82) is 0 Å². The molecule has 2 N–H and O–H groups in total. The van der Waals surface area contributed by atoms with Gasteiger partial charge in [-0.3, -0.25) is 0 Å². The first kappa shape index (κ1) is 10.3. The van der Waals surface area contributed by atoms with Gasteiger partial charge in [0.25, 0.3) is 10.0 Å². The highest BCUT2D eigenvalue weighted by molar-refractivity contribution is 7.91. The summed E-state index contributed by atoms with van der Waals surface area (Å²) < 4.78 is 27.0. The third kappa shape index (κ3) is 1.92. The normalized spacial score (nSPS) is 11.8. The molecule has 0 aliphatic heterocycles. The van der Waals surface area contributed by atoms with Crippen molar-refractivity contribution in [2.24, 2.45) is 0 Å². The van der Waals surface area contributed by atoms with Gasteiger partial charge in [0.1, 0.15) is 16.2 Å². The Kier molecular flexibility index (Phi) is 2.57. The molecule has 2 rings (SSSR count). The molecule has 80 valence electrons. The number of sulfonamides is 1. The molecule has 6 nitrogen and oxygen atoms in total. The molecule has 2 aromatic rings. The predicted octanol–water partition coefficient (Wildman–Crippen LogP) is 1.07. The Morgan fingerprint density at radius 1 is 1.40 bits per heavy atom. The van der Waals surface area contributed by atoms with Crippen molar-refractivity contribution in [3.63, 3.8) is 0 Å². The molecule has 0 spiro atoms. The Morgan fingerprint density at radius 2 is 2.20 bits per heavy atom. The maximum absolute atomic E-state index is 11.2. The lowest BCUT2D eigenvalue weighted by atomic mass is 10.3. The minimum atomic E-state index is -3.80. The lowest BCUT2D eigenvalue weighted by Crippen LogP contribution is -2.17. The van der Waals surface area contributed by atoms with E-state index in [1.165, 1.54) is 17.2 Å². The fourth-order valence-electron chi connectivity index (χ4n) is 0.987. The van der Waals surface area contributed by atoms with E-state index in [1.54, 1.807) is 12.1 Å². The average Bonchev–Trinajstić information content (AvgIpc) is 2.88. The van der Waals surface area contributed by atoms with Crippen LogP contribution in [0.4, 0.5) is 0 Å². The number of thiophene rings is 1. The van der Waals surface area contributed by atoms with Crippen LogP contribution >= 0.6 is 11.3 Å². The zero-order chi connectivity index (χ0) is 10.9. The van der Waals surface area contributed by atoms with Gasteiger partial charge < -0.3 is 9.73 Å². The van der Waals surface area contributed by atoms with Crippen molar-refractivity contribution in [2.45, 2.75) is 4.21 Å². The van der Waals surface area contributed by atoms with Crippen LogP contribution in [-0.4, -0.2) is 18.8 Å². The highest BCUT2D eigenvalue weighted by Gasteiger charge is 2.16. The van der Waals surface area contributed by atoms with E-state index in [9.17, 15) is 8.42 Å². The van der Waals surface area contributed by atoms with Gasteiger partial charge in [-0.05, 0) is 12.1 Å². The summed E-state index contributed by atoms with van der Waals surface area (Å²) in [5, 5.41) is 12.1. The molecule has 0 saturated carbocycles. The quantitative estimate of drug-likeness (QED) is 0.790. The fraction of sp³-hybridized carbons (Fsp3) is 0. The van der Waals surface area contributed by atoms with Crippen molar-refractivity contribution in [2.75, 3.05) is 0 Å². The number of hydrogen-bond donors (Lipinski definition) is 2. The summed E-state index contributed by atoms with van der Waals surface area (Å²) >= 11 is 0.989. The predicted molar refractivity (Wildman–Crippen MR) is 51.9 cm³/mol. The number of nitrogens with zero attached hydrogens (tertiary/aromatic N) is 1. The van der Waals surface area contributed by atoms with Crippen LogP contribution in [-0.2, 0) is 10.0 Å². The number of hydrogen-bond acceptors (Lipinski definition) is 6.